The Morgan fingerprint density at radius 1 is 1.13 bits per heavy atom. The molecule has 0 aliphatic rings. The van der Waals surface area contributed by atoms with Gasteiger partial charge in [0.05, 0.1) is 17.8 Å². The van der Waals surface area contributed by atoms with E-state index in [4.69, 9.17) is 0 Å². The predicted octanol–water partition coefficient (Wildman–Crippen LogP) is 4.65. The lowest BCUT2D eigenvalue weighted by Crippen LogP contribution is -2.35. The fourth-order valence-corrected chi connectivity index (χ4v) is 4.36. The molecule has 2 heterocycles. The molecule has 0 aliphatic carbocycles. The first-order valence-electron chi connectivity index (χ1n) is 9.80. The van der Waals surface area contributed by atoms with Crippen LogP contribution < -0.4 is 5.56 Å². The zero-order valence-electron chi connectivity index (χ0n) is 17.2. The standard InChI is InChI=1S/C24H23N3O2S/c1-16-9-11-19(12-10-16)20-14-30-23-22(20)24(29)27(15-25-23)13-21(28)26(3)17(2)18-7-5-4-6-8-18/h4-12,14-15,17H,13H2,1-3H3/t17-/m0/s1. The van der Waals surface area contributed by atoms with Gasteiger partial charge in [-0.25, -0.2) is 4.98 Å². The number of likely N-dealkylation sites (N-methyl/N-ethyl adjacent to an activating group) is 1. The van der Waals surface area contributed by atoms with E-state index in [1.54, 1.807) is 11.9 Å². The Kier molecular flexibility index (Phi) is 5.50. The molecule has 6 heteroatoms. The van der Waals surface area contributed by atoms with E-state index in [0.29, 0.717) is 10.2 Å². The highest BCUT2D eigenvalue weighted by Gasteiger charge is 2.20. The van der Waals surface area contributed by atoms with Crippen LogP contribution in [0.4, 0.5) is 0 Å². The van der Waals surface area contributed by atoms with Crippen molar-refractivity contribution in [2.45, 2.75) is 26.4 Å². The van der Waals surface area contributed by atoms with Crippen LogP contribution in [0.3, 0.4) is 0 Å². The number of fused-ring (bicyclic) bond motifs is 1. The second-order valence-electron chi connectivity index (χ2n) is 7.46. The highest BCUT2D eigenvalue weighted by atomic mass is 32.1. The highest BCUT2D eigenvalue weighted by molar-refractivity contribution is 7.17. The van der Waals surface area contributed by atoms with Crippen molar-refractivity contribution in [3.05, 3.63) is 87.8 Å². The lowest BCUT2D eigenvalue weighted by atomic mass is 10.1. The van der Waals surface area contributed by atoms with E-state index >= 15 is 0 Å². The predicted molar refractivity (Wildman–Crippen MR) is 122 cm³/mol. The molecule has 5 nitrogen and oxygen atoms in total. The van der Waals surface area contributed by atoms with Crippen LogP contribution >= 0.6 is 11.3 Å². The van der Waals surface area contributed by atoms with E-state index in [1.165, 1.54) is 22.2 Å². The molecule has 0 unspecified atom stereocenters. The van der Waals surface area contributed by atoms with Gasteiger partial charge >= 0.3 is 0 Å². The molecule has 2 aromatic carbocycles. The summed E-state index contributed by atoms with van der Waals surface area (Å²) in [7, 11) is 1.76. The maximum absolute atomic E-state index is 13.2. The molecule has 152 valence electrons. The molecule has 0 radical (unpaired) electrons. The summed E-state index contributed by atoms with van der Waals surface area (Å²) in [6, 6.07) is 17.8. The molecule has 4 aromatic rings. The number of amides is 1. The quantitative estimate of drug-likeness (QED) is 0.475. The lowest BCUT2D eigenvalue weighted by molar-refractivity contribution is -0.132. The van der Waals surface area contributed by atoms with E-state index in [1.807, 2.05) is 73.8 Å². The third-order valence-corrected chi connectivity index (χ3v) is 6.37. The Bertz CT molecular complexity index is 1240. The first-order chi connectivity index (χ1) is 14.5. The maximum Gasteiger partial charge on any atom is 0.263 e. The number of hydrogen-bond donors (Lipinski definition) is 0. The molecular formula is C24H23N3O2S. The van der Waals surface area contributed by atoms with Crippen LogP contribution in [0.15, 0.2) is 71.1 Å². The molecule has 1 atom stereocenters. The van der Waals surface area contributed by atoms with Crippen molar-refractivity contribution in [2.75, 3.05) is 7.05 Å². The Balaban J connectivity index is 1.64. The molecule has 1 amide bonds. The van der Waals surface area contributed by atoms with Crippen LogP contribution in [0.25, 0.3) is 21.3 Å². The Morgan fingerprint density at radius 3 is 2.53 bits per heavy atom. The van der Waals surface area contributed by atoms with Gasteiger partial charge in [-0.05, 0) is 25.0 Å². The molecule has 30 heavy (non-hydrogen) atoms. The Morgan fingerprint density at radius 2 is 1.83 bits per heavy atom. The van der Waals surface area contributed by atoms with Gasteiger partial charge in [-0.1, -0.05) is 60.2 Å². The van der Waals surface area contributed by atoms with Gasteiger partial charge in [0.25, 0.3) is 5.56 Å². The average Bonchev–Trinajstić information content (AvgIpc) is 3.20. The number of nitrogens with zero attached hydrogens (tertiary/aromatic N) is 3. The van der Waals surface area contributed by atoms with Crippen LogP contribution in [0, 0.1) is 6.92 Å². The minimum Gasteiger partial charge on any atom is -0.337 e. The molecule has 0 saturated carbocycles. The Hall–Kier alpha value is -3.25. The minimum atomic E-state index is -0.189. The van der Waals surface area contributed by atoms with Crippen LogP contribution in [0.2, 0.25) is 0 Å². The van der Waals surface area contributed by atoms with Crippen molar-refractivity contribution in [1.29, 1.82) is 0 Å². The summed E-state index contributed by atoms with van der Waals surface area (Å²) in [5, 5.41) is 2.53. The largest absolute Gasteiger partial charge is 0.337 e. The van der Waals surface area contributed by atoms with E-state index in [-0.39, 0.29) is 24.1 Å². The molecule has 0 spiro atoms. The van der Waals surface area contributed by atoms with Gasteiger partial charge in [-0.2, -0.15) is 0 Å². The Labute approximate surface area is 179 Å². The van der Waals surface area contributed by atoms with Gasteiger partial charge in [0.2, 0.25) is 5.91 Å². The van der Waals surface area contributed by atoms with Gasteiger partial charge in [0.15, 0.2) is 0 Å². The van der Waals surface area contributed by atoms with Gasteiger partial charge in [0.1, 0.15) is 11.4 Å². The summed E-state index contributed by atoms with van der Waals surface area (Å²) in [6.07, 6.45) is 1.47. The first kappa shape index (κ1) is 20.0. The summed E-state index contributed by atoms with van der Waals surface area (Å²) in [5.74, 6) is -0.137. The maximum atomic E-state index is 13.2. The van der Waals surface area contributed by atoms with E-state index in [2.05, 4.69) is 4.98 Å². The van der Waals surface area contributed by atoms with E-state index in [9.17, 15) is 9.59 Å². The fourth-order valence-electron chi connectivity index (χ4n) is 3.45. The van der Waals surface area contributed by atoms with Gasteiger partial charge in [-0.15, -0.1) is 11.3 Å². The third kappa shape index (κ3) is 3.78. The number of benzene rings is 2. The first-order valence-corrected chi connectivity index (χ1v) is 10.7. The smallest absolute Gasteiger partial charge is 0.263 e. The summed E-state index contributed by atoms with van der Waals surface area (Å²) in [4.78, 5) is 32.9. The van der Waals surface area contributed by atoms with Crippen molar-refractivity contribution in [3.63, 3.8) is 0 Å². The summed E-state index contributed by atoms with van der Waals surface area (Å²) < 4.78 is 1.41. The summed E-state index contributed by atoms with van der Waals surface area (Å²) >= 11 is 1.44. The number of aryl methyl sites for hydroxylation is 1. The molecule has 0 N–H and O–H groups in total. The minimum absolute atomic E-state index is 0.0430. The van der Waals surface area contributed by atoms with Crippen molar-refractivity contribution in [2.24, 2.45) is 0 Å². The van der Waals surface area contributed by atoms with Crippen molar-refractivity contribution in [3.8, 4) is 11.1 Å². The van der Waals surface area contributed by atoms with Crippen LogP contribution in [-0.4, -0.2) is 27.4 Å². The molecule has 0 bridgehead atoms. The number of aromatic nitrogens is 2. The number of carbonyl (C=O) groups excluding carboxylic acids is 1. The molecule has 2 aromatic heterocycles. The van der Waals surface area contributed by atoms with Crippen molar-refractivity contribution in [1.82, 2.24) is 14.5 Å². The average molecular weight is 418 g/mol. The monoisotopic (exact) mass is 417 g/mol. The third-order valence-electron chi connectivity index (χ3n) is 5.49. The van der Waals surface area contributed by atoms with Crippen LogP contribution in [0.1, 0.15) is 24.1 Å². The fraction of sp³-hybridized carbons (Fsp3) is 0.208. The lowest BCUT2D eigenvalue weighted by Gasteiger charge is -2.25. The SMILES string of the molecule is Cc1ccc(-c2csc3ncn(CC(=O)N(C)[C@@H](C)c4ccccc4)c(=O)c23)cc1. The van der Waals surface area contributed by atoms with Gasteiger partial charge < -0.3 is 4.90 Å². The molecule has 4 rings (SSSR count). The molecular weight excluding hydrogens is 394 g/mol. The van der Waals surface area contributed by atoms with Crippen LogP contribution in [-0.2, 0) is 11.3 Å². The van der Waals surface area contributed by atoms with Crippen LogP contribution in [0.5, 0.6) is 0 Å². The summed E-state index contributed by atoms with van der Waals surface area (Å²) in [6.45, 7) is 3.97. The zero-order valence-corrected chi connectivity index (χ0v) is 18.0. The van der Waals surface area contributed by atoms with Gasteiger partial charge in [0, 0.05) is 18.0 Å². The second-order valence-corrected chi connectivity index (χ2v) is 8.32. The molecule has 0 saturated heterocycles. The number of thiophene rings is 1. The summed E-state index contributed by atoms with van der Waals surface area (Å²) in [5.41, 5.74) is 3.86. The van der Waals surface area contributed by atoms with Crippen molar-refractivity contribution >= 4 is 27.5 Å². The number of carbonyl (C=O) groups is 1. The normalized spacial score (nSPS) is 12.1. The zero-order chi connectivity index (χ0) is 21.3. The number of rotatable bonds is 5. The molecule has 0 fully saturated rings. The van der Waals surface area contributed by atoms with E-state index in [0.717, 1.165) is 22.3 Å². The topological polar surface area (TPSA) is 55.2 Å². The second kappa shape index (κ2) is 8.24. The highest BCUT2D eigenvalue weighted by Crippen LogP contribution is 2.30. The van der Waals surface area contributed by atoms with Gasteiger partial charge in [-0.3, -0.25) is 14.2 Å². The number of hydrogen-bond acceptors (Lipinski definition) is 4. The molecule has 0 aliphatic heterocycles. The van der Waals surface area contributed by atoms with Crippen molar-refractivity contribution < 1.29 is 4.79 Å². The van der Waals surface area contributed by atoms with E-state index < -0.39 is 0 Å².